The van der Waals surface area contributed by atoms with Gasteiger partial charge in [-0.1, -0.05) is 0 Å². The van der Waals surface area contributed by atoms with E-state index in [1.54, 1.807) is 0 Å². The second kappa shape index (κ2) is 7.20. The third-order valence-electron chi connectivity index (χ3n) is 6.78. The maximum atomic E-state index is 14.1. The molecule has 4 fully saturated rings. The third kappa shape index (κ3) is 3.96. The molecule has 2 aromatic heterocycles. The van der Waals surface area contributed by atoms with E-state index in [1.807, 2.05) is 0 Å². The van der Waals surface area contributed by atoms with Crippen LogP contribution < -0.4 is 10.5 Å². The molecule has 0 aliphatic heterocycles. The smallest absolute Gasteiger partial charge is 0.320 e. The number of anilines is 1. The molecular weight excluding hydrogens is 485 g/mol. The van der Waals surface area contributed by atoms with E-state index in [2.05, 4.69) is 15.4 Å². The van der Waals surface area contributed by atoms with E-state index < -0.39 is 68.0 Å². The average molecular weight is 505 g/mol. The van der Waals surface area contributed by atoms with Crippen molar-refractivity contribution in [3.05, 3.63) is 35.3 Å². The van der Waals surface area contributed by atoms with Crippen molar-refractivity contribution in [1.82, 2.24) is 14.8 Å². The number of fused-ring (bicyclic) bond motifs is 1. The lowest BCUT2D eigenvalue weighted by molar-refractivity contribution is -0.138. The van der Waals surface area contributed by atoms with Crippen LogP contribution in [0.15, 0.2) is 23.4 Å². The number of amides is 1. The minimum Gasteiger partial charge on any atom is -0.320 e. The number of hydrogen-bond donors (Lipinski definition) is 2. The molecule has 0 spiro atoms. The lowest BCUT2D eigenvalue weighted by atomic mass is 9.69. The van der Waals surface area contributed by atoms with Crippen LogP contribution >= 0.6 is 0 Å². The predicted octanol–water partition coefficient (Wildman–Crippen LogP) is 3.51. The Bertz CT molecular complexity index is 1280. The Morgan fingerprint density at radius 3 is 2.47 bits per heavy atom. The van der Waals surface area contributed by atoms with Crippen LogP contribution in [0, 0.1) is 11.3 Å². The molecule has 4 aliphatic carbocycles. The Morgan fingerprint density at radius 2 is 1.94 bits per heavy atom. The minimum atomic E-state index is -4.91. The standard InChI is InChI=1S/C20H20F5N5O3S/c21-19(22)8-18(6-11(19)7-18)9-30-16(14(20(23,24)25)15(29-30)10-1-2-10)17(31)28-12-3-4-27-13(5-12)34(26,32)33/h3-5,10-11H,1-2,6-9H2,(H2,26,32,33)(H,27,28,31). The zero-order chi connectivity index (χ0) is 24.7. The van der Waals surface area contributed by atoms with Crippen molar-refractivity contribution < 1.29 is 35.2 Å². The molecule has 34 heavy (non-hydrogen) atoms. The molecule has 8 nitrogen and oxygen atoms in total. The number of pyridine rings is 1. The predicted molar refractivity (Wildman–Crippen MR) is 107 cm³/mol. The highest BCUT2D eigenvalue weighted by atomic mass is 32.2. The van der Waals surface area contributed by atoms with Crippen molar-refractivity contribution in [3.63, 3.8) is 0 Å². The van der Waals surface area contributed by atoms with E-state index in [9.17, 15) is 35.2 Å². The van der Waals surface area contributed by atoms with E-state index in [0.29, 0.717) is 12.8 Å². The molecule has 2 heterocycles. The lowest BCUT2D eigenvalue weighted by Crippen LogP contribution is -2.35. The first-order valence-corrected chi connectivity index (χ1v) is 12.1. The van der Waals surface area contributed by atoms with Gasteiger partial charge in [0, 0.05) is 42.8 Å². The number of carbonyl (C=O) groups excluding carboxylic acids is 1. The summed E-state index contributed by atoms with van der Waals surface area (Å²) >= 11 is 0. The van der Waals surface area contributed by atoms with Gasteiger partial charge in [0.15, 0.2) is 5.03 Å². The molecule has 0 unspecified atom stereocenters. The van der Waals surface area contributed by atoms with E-state index >= 15 is 0 Å². The fourth-order valence-electron chi connectivity index (χ4n) is 5.16. The summed E-state index contributed by atoms with van der Waals surface area (Å²) < 4.78 is 94.4. The number of sulfonamides is 1. The molecule has 1 amide bonds. The first kappa shape index (κ1) is 23.1. The maximum absolute atomic E-state index is 14.1. The summed E-state index contributed by atoms with van der Waals surface area (Å²) in [5, 5.41) is 10.8. The molecule has 184 valence electrons. The van der Waals surface area contributed by atoms with Gasteiger partial charge in [-0.2, -0.15) is 18.3 Å². The molecular formula is C20H20F5N5O3S. The van der Waals surface area contributed by atoms with Gasteiger partial charge in [0.05, 0.1) is 5.69 Å². The minimum absolute atomic E-state index is 0.146. The highest BCUT2D eigenvalue weighted by molar-refractivity contribution is 7.89. The van der Waals surface area contributed by atoms with Crippen LogP contribution in [0.2, 0.25) is 0 Å². The molecule has 2 bridgehead atoms. The number of rotatable bonds is 6. The van der Waals surface area contributed by atoms with Gasteiger partial charge in [0.25, 0.3) is 21.9 Å². The summed E-state index contributed by atoms with van der Waals surface area (Å²) in [5.41, 5.74) is -3.31. The molecule has 0 saturated heterocycles. The van der Waals surface area contributed by atoms with Crippen LogP contribution in [0.25, 0.3) is 0 Å². The fraction of sp³-hybridized carbons (Fsp3) is 0.550. The number of alkyl halides is 5. The van der Waals surface area contributed by atoms with Gasteiger partial charge in [0.2, 0.25) is 0 Å². The number of halogens is 5. The highest BCUT2D eigenvalue weighted by Gasteiger charge is 2.66. The lowest BCUT2D eigenvalue weighted by Gasteiger charge is -2.37. The molecule has 2 aromatic rings. The highest BCUT2D eigenvalue weighted by Crippen LogP contribution is 2.66. The summed E-state index contributed by atoms with van der Waals surface area (Å²) in [6.07, 6.45) is -3.07. The van der Waals surface area contributed by atoms with Crippen LogP contribution in [0.5, 0.6) is 0 Å². The molecule has 0 aromatic carbocycles. The van der Waals surface area contributed by atoms with Gasteiger partial charge >= 0.3 is 6.18 Å². The van der Waals surface area contributed by atoms with Crippen molar-refractivity contribution in [2.45, 2.75) is 61.7 Å². The van der Waals surface area contributed by atoms with Crippen molar-refractivity contribution >= 4 is 21.6 Å². The second-order valence-corrected chi connectivity index (χ2v) is 11.0. The summed E-state index contributed by atoms with van der Waals surface area (Å²) in [6, 6.07) is 2.10. The quantitative estimate of drug-likeness (QED) is 0.583. The average Bonchev–Trinajstić information content (AvgIpc) is 3.33. The van der Waals surface area contributed by atoms with Gasteiger partial charge in [-0.05, 0) is 37.2 Å². The molecule has 14 heteroatoms. The number of nitrogens with zero attached hydrogens (tertiary/aromatic N) is 3. The van der Waals surface area contributed by atoms with Gasteiger partial charge in [-0.15, -0.1) is 0 Å². The molecule has 0 atom stereocenters. The van der Waals surface area contributed by atoms with Gasteiger partial charge in [-0.3, -0.25) is 9.48 Å². The van der Waals surface area contributed by atoms with Crippen molar-refractivity contribution in [2.24, 2.45) is 16.5 Å². The molecule has 3 N–H and O–H groups in total. The van der Waals surface area contributed by atoms with Crippen LogP contribution in [0.1, 0.15) is 59.8 Å². The third-order valence-corrected chi connectivity index (χ3v) is 7.58. The van der Waals surface area contributed by atoms with Crippen molar-refractivity contribution in [2.75, 3.05) is 5.32 Å². The zero-order valence-electron chi connectivity index (χ0n) is 17.6. The second-order valence-electron chi connectivity index (χ2n) is 9.46. The Labute approximate surface area is 190 Å². The molecule has 6 rings (SSSR count). The SMILES string of the molecule is NS(=O)(=O)c1cc(NC(=O)c2c(C(F)(F)F)c(C3CC3)nn2CC23CC(C2)C(F)(F)C3)ccn1. The summed E-state index contributed by atoms with van der Waals surface area (Å²) in [6.45, 7) is -0.240. The normalized spacial score (nSPS) is 25.8. The zero-order valence-corrected chi connectivity index (χ0v) is 18.4. The Balaban J connectivity index is 1.54. The topological polar surface area (TPSA) is 120 Å². The number of aromatic nitrogens is 3. The van der Waals surface area contributed by atoms with E-state index in [1.165, 1.54) is 6.07 Å². The Kier molecular flexibility index (Phi) is 4.90. The fourth-order valence-corrected chi connectivity index (χ4v) is 5.66. The number of nitrogens with one attached hydrogen (secondary N) is 1. The van der Waals surface area contributed by atoms with Crippen LogP contribution in [0.3, 0.4) is 0 Å². The van der Waals surface area contributed by atoms with Crippen LogP contribution in [0.4, 0.5) is 27.6 Å². The van der Waals surface area contributed by atoms with Crippen molar-refractivity contribution in [3.8, 4) is 0 Å². The number of primary sulfonamides is 1. The molecule has 4 aliphatic rings. The maximum Gasteiger partial charge on any atom is 0.420 e. The van der Waals surface area contributed by atoms with Crippen molar-refractivity contribution in [1.29, 1.82) is 0 Å². The van der Waals surface area contributed by atoms with Crippen LogP contribution in [-0.2, 0) is 22.7 Å². The van der Waals surface area contributed by atoms with E-state index in [-0.39, 0.29) is 30.8 Å². The molecule has 0 radical (unpaired) electrons. The Hall–Kier alpha value is -2.61. The Morgan fingerprint density at radius 1 is 1.26 bits per heavy atom. The monoisotopic (exact) mass is 505 g/mol. The van der Waals surface area contributed by atoms with Crippen LogP contribution in [-0.4, -0.2) is 35.0 Å². The summed E-state index contributed by atoms with van der Waals surface area (Å²) in [7, 11) is -4.22. The van der Waals surface area contributed by atoms with Gasteiger partial charge in [0.1, 0.15) is 11.3 Å². The largest absolute Gasteiger partial charge is 0.420 e. The van der Waals surface area contributed by atoms with Gasteiger partial charge < -0.3 is 5.32 Å². The number of nitrogens with two attached hydrogens (primary N) is 1. The first-order valence-electron chi connectivity index (χ1n) is 10.5. The number of carbonyl (C=O) groups is 1. The number of hydrogen-bond acceptors (Lipinski definition) is 5. The first-order chi connectivity index (χ1) is 15.7. The van der Waals surface area contributed by atoms with Gasteiger partial charge in [-0.25, -0.2) is 27.3 Å². The summed E-state index contributed by atoms with van der Waals surface area (Å²) in [5.74, 6) is -5.34. The van der Waals surface area contributed by atoms with E-state index in [0.717, 1.165) is 16.9 Å². The summed E-state index contributed by atoms with van der Waals surface area (Å²) in [4.78, 5) is 16.7. The van der Waals surface area contributed by atoms with E-state index in [4.69, 9.17) is 5.14 Å². The molecule has 4 saturated carbocycles.